The van der Waals surface area contributed by atoms with Crippen molar-refractivity contribution in [1.82, 2.24) is 0 Å². The van der Waals surface area contributed by atoms with Crippen molar-refractivity contribution < 1.29 is 8.78 Å². The van der Waals surface area contributed by atoms with Gasteiger partial charge in [0.15, 0.2) is 0 Å². The van der Waals surface area contributed by atoms with Crippen LogP contribution in [0.4, 0.5) is 8.78 Å². The quantitative estimate of drug-likeness (QED) is 0.720. The van der Waals surface area contributed by atoms with Crippen molar-refractivity contribution in [2.45, 2.75) is 19.9 Å². The monoisotopic (exact) mass is 303 g/mol. The summed E-state index contributed by atoms with van der Waals surface area (Å²) in [5.41, 5.74) is 8.35. The Morgan fingerprint density at radius 2 is 1.67 bits per heavy atom. The van der Waals surface area contributed by atoms with Crippen molar-refractivity contribution in [2.75, 3.05) is 0 Å². The van der Waals surface area contributed by atoms with Gasteiger partial charge in [-0.05, 0) is 54.1 Å². The van der Waals surface area contributed by atoms with E-state index in [9.17, 15) is 8.78 Å². The molecular formula is C17H15F2NS. The van der Waals surface area contributed by atoms with Crippen molar-refractivity contribution in [3.05, 3.63) is 69.6 Å². The van der Waals surface area contributed by atoms with Gasteiger partial charge in [-0.15, -0.1) is 11.3 Å². The molecular weight excluding hydrogens is 288 g/mol. The van der Waals surface area contributed by atoms with Crippen molar-refractivity contribution >= 4 is 21.4 Å². The number of benzene rings is 2. The third-order valence-electron chi connectivity index (χ3n) is 3.63. The third-order valence-corrected chi connectivity index (χ3v) is 4.81. The summed E-state index contributed by atoms with van der Waals surface area (Å²) in [6, 6.07) is 9.89. The summed E-state index contributed by atoms with van der Waals surface area (Å²) < 4.78 is 27.8. The summed E-state index contributed by atoms with van der Waals surface area (Å²) in [5.74, 6) is -0.442. The molecule has 3 aromatic rings. The molecule has 0 spiro atoms. The molecule has 1 heterocycles. The third kappa shape index (κ3) is 2.57. The summed E-state index contributed by atoms with van der Waals surface area (Å²) in [6.45, 7) is 3.47. The smallest absolute Gasteiger partial charge is 0.129 e. The Labute approximate surface area is 126 Å². The zero-order valence-corrected chi connectivity index (χ0v) is 12.6. The minimum atomic E-state index is -0.330. The van der Waals surface area contributed by atoms with Gasteiger partial charge in [0, 0.05) is 9.58 Å². The summed E-state index contributed by atoms with van der Waals surface area (Å²) in [7, 11) is 0. The van der Waals surface area contributed by atoms with Crippen LogP contribution in [0.2, 0.25) is 0 Å². The average Bonchev–Trinajstić information content (AvgIpc) is 2.86. The zero-order valence-electron chi connectivity index (χ0n) is 11.8. The average molecular weight is 303 g/mol. The first-order valence-electron chi connectivity index (χ1n) is 6.67. The van der Waals surface area contributed by atoms with Crippen LogP contribution in [0, 0.1) is 25.5 Å². The van der Waals surface area contributed by atoms with Gasteiger partial charge in [-0.2, -0.15) is 0 Å². The molecule has 0 fully saturated rings. The van der Waals surface area contributed by atoms with E-state index >= 15 is 0 Å². The predicted octanol–water partition coefficient (Wildman–Crippen LogP) is 4.84. The number of aryl methyl sites for hydroxylation is 2. The van der Waals surface area contributed by atoms with Gasteiger partial charge in [-0.3, -0.25) is 0 Å². The highest BCUT2D eigenvalue weighted by Crippen LogP contribution is 2.33. The van der Waals surface area contributed by atoms with E-state index in [1.165, 1.54) is 23.5 Å². The summed E-state index contributed by atoms with van der Waals surface area (Å²) in [4.78, 5) is 0.945. The Balaban J connectivity index is 2.05. The van der Waals surface area contributed by atoms with E-state index < -0.39 is 0 Å². The molecule has 108 valence electrons. The molecule has 0 amide bonds. The molecule has 0 radical (unpaired) electrons. The zero-order chi connectivity index (χ0) is 15.1. The van der Waals surface area contributed by atoms with E-state index in [0.29, 0.717) is 11.1 Å². The van der Waals surface area contributed by atoms with E-state index in [2.05, 4.69) is 0 Å². The molecule has 1 unspecified atom stereocenters. The highest BCUT2D eigenvalue weighted by atomic mass is 32.1. The topological polar surface area (TPSA) is 26.0 Å². The lowest BCUT2D eigenvalue weighted by Crippen LogP contribution is -2.11. The fraction of sp³-hybridized carbons (Fsp3) is 0.176. The minimum Gasteiger partial charge on any atom is -0.320 e. The fourth-order valence-corrected chi connectivity index (χ4v) is 3.62. The first kappa shape index (κ1) is 14.2. The van der Waals surface area contributed by atoms with E-state index in [-0.39, 0.29) is 17.7 Å². The van der Waals surface area contributed by atoms with E-state index in [1.807, 2.05) is 6.07 Å². The summed E-state index contributed by atoms with van der Waals surface area (Å²) >= 11 is 1.47. The van der Waals surface area contributed by atoms with Crippen molar-refractivity contribution in [2.24, 2.45) is 5.73 Å². The van der Waals surface area contributed by atoms with Crippen LogP contribution in [-0.4, -0.2) is 0 Å². The second-order valence-electron chi connectivity index (χ2n) is 5.28. The Kier molecular flexibility index (Phi) is 3.51. The van der Waals surface area contributed by atoms with E-state index in [0.717, 1.165) is 20.5 Å². The molecule has 2 aromatic carbocycles. The largest absolute Gasteiger partial charge is 0.320 e. The number of fused-ring (bicyclic) bond motifs is 1. The van der Waals surface area contributed by atoms with E-state index in [1.54, 1.807) is 32.0 Å². The molecule has 3 rings (SSSR count). The molecule has 0 bridgehead atoms. The van der Waals surface area contributed by atoms with Crippen LogP contribution in [0.25, 0.3) is 10.1 Å². The number of hydrogen-bond donors (Lipinski definition) is 1. The molecule has 1 atom stereocenters. The fourth-order valence-electron chi connectivity index (χ4n) is 2.50. The predicted molar refractivity (Wildman–Crippen MR) is 83.7 cm³/mol. The molecule has 0 saturated heterocycles. The van der Waals surface area contributed by atoms with Gasteiger partial charge in [0.25, 0.3) is 0 Å². The molecule has 2 N–H and O–H groups in total. The molecule has 1 nitrogen and oxygen atoms in total. The van der Waals surface area contributed by atoms with Crippen molar-refractivity contribution in [1.29, 1.82) is 0 Å². The van der Waals surface area contributed by atoms with Gasteiger partial charge in [0.1, 0.15) is 11.6 Å². The maximum atomic E-state index is 13.7. The lowest BCUT2D eigenvalue weighted by Gasteiger charge is -2.13. The minimum absolute atomic E-state index is 0.190. The van der Waals surface area contributed by atoms with Crippen LogP contribution in [0.3, 0.4) is 0 Å². The normalized spacial score (nSPS) is 12.8. The number of nitrogens with two attached hydrogens (primary N) is 1. The lowest BCUT2D eigenvalue weighted by atomic mass is 10.00. The van der Waals surface area contributed by atoms with Gasteiger partial charge >= 0.3 is 0 Å². The number of hydrogen-bond acceptors (Lipinski definition) is 2. The Bertz CT molecular complexity index is 800. The Morgan fingerprint density at radius 1 is 1.00 bits per heavy atom. The van der Waals surface area contributed by atoms with Gasteiger partial charge in [0.2, 0.25) is 0 Å². The Hall–Kier alpha value is -1.78. The molecule has 0 saturated carbocycles. The molecule has 1 aromatic heterocycles. The van der Waals surface area contributed by atoms with E-state index in [4.69, 9.17) is 5.73 Å². The van der Waals surface area contributed by atoms with Gasteiger partial charge in [0.05, 0.1) is 6.04 Å². The van der Waals surface area contributed by atoms with Gasteiger partial charge < -0.3 is 5.73 Å². The Morgan fingerprint density at radius 3 is 2.33 bits per heavy atom. The second-order valence-corrected chi connectivity index (χ2v) is 6.39. The van der Waals surface area contributed by atoms with Gasteiger partial charge in [-0.25, -0.2) is 8.78 Å². The standard InChI is InChI=1S/C17H15F2NS/c1-9-5-12(6-10(2)16(9)19)17(20)15-7-11-3-4-13(18)8-14(11)21-15/h3-8,17H,20H2,1-2H3. The van der Waals surface area contributed by atoms with Crippen molar-refractivity contribution in [3.8, 4) is 0 Å². The SMILES string of the molecule is Cc1cc(C(N)c2cc3ccc(F)cc3s2)cc(C)c1F. The maximum Gasteiger partial charge on any atom is 0.129 e. The van der Waals surface area contributed by atoms with Crippen LogP contribution in [0.5, 0.6) is 0 Å². The number of rotatable bonds is 2. The van der Waals surface area contributed by atoms with Crippen LogP contribution < -0.4 is 5.73 Å². The molecule has 21 heavy (non-hydrogen) atoms. The van der Waals surface area contributed by atoms with Crippen LogP contribution in [-0.2, 0) is 0 Å². The highest BCUT2D eigenvalue weighted by Gasteiger charge is 2.15. The maximum absolute atomic E-state index is 13.7. The van der Waals surface area contributed by atoms with Crippen LogP contribution in [0.15, 0.2) is 36.4 Å². The van der Waals surface area contributed by atoms with Crippen LogP contribution >= 0.6 is 11.3 Å². The summed E-state index contributed by atoms with van der Waals surface area (Å²) in [5, 5.41) is 0.974. The molecule has 4 heteroatoms. The molecule has 0 aliphatic carbocycles. The number of thiophene rings is 1. The molecule has 0 aliphatic heterocycles. The highest BCUT2D eigenvalue weighted by molar-refractivity contribution is 7.19. The second kappa shape index (κ2) is 5.20. The lowest BCUT2D eigenvalue weighted by molar-refractivity contribution is 0.607. The van der Waals surface area contributed by atoms with Crippen LogP contribution in [0.1, 0.15) is 27.6 Å². The first-order chi connectivity index (χ1) is 9.95. The first-order valence-corrected chi connectivity index (χ1v) is 7.48. The van der Waals surface area contributed by atoms with Gasteiger partial charge in [-0.1, -0.05) is 18.2 Å². The van der Waals surface area contributed by atoms with Crippen molar-refractivity contribution in [3.63, 3.8) is 0 Å². The molecule has 0 aliphatic rings. The summed E-state index contributed by atoms with van der Waals surface area (Å²) in [6.07, 6.45) is 0. The number of halogens is 2.